The molecular weight excluding hydrogens is 519 g/mol. The molecule has 3 rings (SSSR count). The number of carbonyl (C=O) groups excluding carboxylic acids is 1. The van der Waals surface area contributed by atoms with Crippen LogP contribution in [0.15, 0.2) is 47.5 Å². The van der Waals surface area contributed by atoms with E-state index in [4.69, 9.17) is 23.9 Å². The molecule has 0 radical (unpaired) electrons. The van der Waals surface area contributed by atoms with Crippen LogP contribution in [-0.2, 0) is 21.0 Å². The average molecular weight is 537 g/mol. The summed E-state index contributed by atoms with van der Waals surface area (Å²) in [5.41, 5.74) is -0.429. The molecule has 0 saturated heterocycles. The summed E-state index contributed by atoms with van der Waals surface area (Å²) in [6, 6.07) is 1.57. The van der Waals surface area contributed by atoms with Crippen LogP contribution in [0.3, 0.4) is 0 Å². The molecule has 1 saturated carbocycles. The number of nitrogens with zero attached hydrogens (tertiary/aromatic N) is 2. The summed E-state index contributed by atoms with van der Waals surface area (Å²) in [6.07, 6.45) is 1.90. The second-order valence-corrected chi connectivity index (χ2v) is 9.99. The minimum atomic E-state index is -5.03. The molecule has 2 aromatic rings. The highest BCUT2D eigenvalue weighted by molar-refractivity contribution is 7.89. The van der Waals surface area contributed by atoms with E-state index in [-0.39, 0.29) is 14.9 Å². The molecule has 0 bridgehead atoms. The number of aromatic nitrogens is 1. The quantitative estimate of drug-likeness (QED) is 0.177. The fraction of sp³-hybridized carbons (Fsp3) is 0.333. The van der Waals surface area contributed by atoms with Gasteiger partial charge in [-0.3, -0.25) is 15.2 Å². The molecule has 3 N–H and O–H groups in total. The molecule has 14 heteroatoms. The van der Waals surface area contributed by atoms with E-state index in [1.54, 1.807) is 0 Å². The topological polar surface area (TPSA) is 105 Å². The number of rotatable bonds is 8. The van der Waals surface area contributed by atoms with E-state index >= 15 is 8.78 Å². The van der Waals surface area contributed by atoms with E-state index in [0.29, 0.717) is 31.2 Å². The highest BCUT2D eigenvalue weighted by atomic mass is 35.5. The SMILES string of the molecule is C#CC(C1CC1)N([C@@H](c1ccc(Cl)cc1)C(F)(F)C(=O)NN)S(=O)(=O)c1ccc(C(F)(F)F)nc1. The van der Waals surface area contributed by atoms with Crippen molar-refractivity contribution in [1.82, 2.24) is 14.7 Å². The number of nitrogens with one attached hydrogen (secondary N) is 1. The van der Waals surface area contributed by atoms with Gasteiger partial charge < -0.3 is 0 Å². The Morgan fingerprint density at radius 1 is 1.17 bits per heavy atom. The Labute approximate surface area is 202 Å². The third-order valence-corrected chi connectivity index (χ3v) is 7.42. The lowest BCUT2D eigenvalue weighted by Gasteiger charge is -2.38. The van der Waals surface area contributed by atoms with E-state index in [1.807, 2.05) is 0 Å². The van der Waals surface area contributed by atoms with Gasteiger partial charge in [0.1, 0.15) is 16.6 Å². The third kappa shape index (κ3) is 5.40. The molecule has 0 spiro atoms. The maximum absolute atomic E-state index is 15.5. The standard InChI is InChI=1S/C21H18ClF5N4O3S/c1-2-16(12-3-4-12)31(35(33,34)15-9-10-17(29-11-15)21(25,26)27)18(20(23,24)19(32)30-28)13-5-7-14(22)8-6-13/h1,5-12,16,18H,3-4,28H2,(H,30,32)/t16?,18-/m0/s1. The summed E-state index contributed by atoms with van der Waals surface area (Å²) in [5, 5.41) is 0.135. The highest BCUT2D eigenvalue weighted by Gasteiger charge is 2.57. The summed E-state index contributed by atoms with van der Waals surface area (Å²) >= 11 is 5.84. The number of nitrogens with two attached hydrogens (primary N) is 1. The Bertz CT molecular complexity index is 1230. The van der Waals surface area contributed by atoms with Crippen molar-refractivity contribution in [2.45, 2.75) is 41.9 Å². The number of carbonyl (C=O) groups is 1. The fourth-order valence-corrected chi connectivity index (χ4v) is 5.34. The molecule has 0 aliphatic heterocycles. The van der Waals surface area contributed by atoms with Gasteiger partial charge in [-0.15, -0.1) is 6.42 Å². The van der Waals surface area contributed by atoms with Crippen LogP contribution >= 0.6 is 11.6 Å². The maximum Gasteiger partial charge on any atom is 0.433 e. The van der Waals surface area contributed by atoms with Gasteiger partial charge in [0.2, 0.25) is 10.0 Å². The molecule has 2 atom stereocenters. The first-order valence-corrected chi connectivity index (χ1v) is 11.7. The van der Waals surface area contributed by atoms with E-state index in [0.717, 1.165) is 12.1 Å². The first-order valence-electron chi connectivity index (χ1n) is 9.92. The first kappa shape index (κ1) is 26.8. The predicted molar refractivity (Wildman–Crippen MR) is 115 cm³/mol. The molecule has 35 heavy (non-hydrogen) atoms. The van der Waals surface area contributed by atoms with Gasteiger partial charge in [-0.2, -0.15) is 26.3 Å². The molecule has 1 aromatic carbocycles. The zero-order valence-corrected chi connectivity index (χ0v) is 19.2. The lowest BCUT2D eigenvalue weighted by Crippen LogP contribution is -2.56. The largest absolute Gasteiger partial charge is 0.433 e. The highest BCUT2D eigenvalue weighted by Crippen LogP contribution is 2.46. The van der Waals surface area contributed by atoms with Crippen molar-refractivity contribution < 1.29 is 35.2 Å². The number of hydrogen-bond donors (Lipinski definition) is 2. The zero-order valence-electron chi connectivity index (χ0n) is 17.6. The Kier molecular flexibility index (Phi) is 7.42. The lowest BCUT2D eigenvalue weighted by molar-refractivity contribution is -0.154. The molecule has 1 aliphatic carbocycles. The van der Waals surface area contributed by atoms with E-state index in [9.17, 15) is 26.4 Å². The van der Waals surface area contributed by atoms with Crippen molar-refractivity contribution in [3.05, 3.63) is 58.9 Å². The van der Waals surface area contributed by atoms with E-state index in [1.165, 1.54) is 17.6 Å². The third-order valence-electron chi connectivity index (χ3n) is 5.33. The number of benzene rings is 1. The van der Waals surface area contributed by atoms with Gasteiger partial charge in [-0.1, -0.05) is 29.7 Å². The van der Waals surface area contributed by atoms with Gasteiger partial charge in [0.05, 0.1) is 6.04 Å². The molecule has 1 fully saturated rings. The van der Waals surface area contributed by atoms with Crippen molar-refractivity contribution >= 4 is 27.5 Å². The zero-order chi connectivity index (χ0) is 26.2. The van der Waals surface area contributed by atoms with Crippen LogP contribution in [0.25, 0.3) is 0 Å². The molecule has 1 unspecified atom stereocenters. The van der Waals surface area contributed by atoms with Crippen LogP contribution in [0.4, 0.5) is 22.0 Å². The van der Waals surface area contributed by atoms with Crippen LogP contribution in [0.2, 0.25) is 5.02 Å². The Morgan fingerprint density at radius 3 is 2.20 bits per heavy atom. The molecule has 7 nitrogen and oxygen atoms in total. The normalized spacial score (nSPS) is 16.4. The second kappa shape index (κ2) is 9.69. The van der Waals surface area contributed by atoms with Crippen LogP contribution in [0.5, 0.6) is 0 Å². The maximum atomic E-state index is 15.5. The molecule has 1 aromatic heterocycles. The van der Waals surface area contributed by atoms with Gasteiger partial charge in [0, 0.05) is 11.2 Å². The molecule has 1 amide bonds. The summed E-state index contributed by atoms with van der Waals surface area (Å²) in [5.74, 6) is 0.133. The summed E-state index contributed by atoms with van der Waals surface area (Å²) in [6.45, 7) is 0. The predicted octanol–water partition coefficient (Wildman–Crippen LogP) is 3.52. The number of terminal acetylenes is 1. The van der Waals surface area contributed by atoms with E-state index < -0.39 is 56.6 Å². The summed E-state index contributed by atoms with van der Waals surface area (Å²) in [4.78, 5) is 14.4. The first-order chi connectivity index (χ1) is 16.2. The Balaban J connectivity index is 2.26. The Hall–Kier alpha value is -2.79. The van der Waals surface area contributed by atoms with Crippen molar-refractivity contribution in [3.63, 3.8) is 0 Å². The Morgan fingerprint density at radius 2 is 1.77 bits per heavy atom. The average Bonchev–Trinajstić information content (AvgIpc) is 3.64. The van der Waals surface area contributed by atoms with Crippen LogP contribution < -0.4 is 11.3 Å². The lowest BCUT2D eigenvalue weighted by atomic mass is 9.98. The molecule has 1 heterocycles. The minimum absolute atomic E-state index is 0.135. The number of hydrogen-bond acceptors (Lipinski definition) is 5. The molecule has 188 valence electrons. The summed E-state index contributed by atoms with van der Waals surface area (Å²) in [7, 11) is -5.03. The fourth-order valence-electron chi connectivity index (χ4n) is 3.48. The monoisotopic (exact) mass is 536 g/mol. The van der Waals surface area contributed by atoms with Crippen molar-refractivity contribution in [2.75, 3.05) is 0 Å². The van der Waals surface area contributed by atoms with Crippen molar-refractivity contribution in [3.8, 4) is 12.3 Å². The smallest absolute Gasteiger partial charge is 0.289 e. The number of alkyl halides is 5. The molecular formula is C21H18ClF5N4O3S. The summed E-state index contributed by atoms with van der Waals surface area (Å²) < 4.78 is 97.3. The number of hydrazine groups is 1. The van der Waals surface area contributed by atoms with Crippen LogP contribution in [0.1, 0.15) is 30.1 Å². The van der Waals surface area contributed by atoms with Crippen LogP contribution in [0, 0.1) is 18.3 Å². The van der Waals surface area contributed by atoms with Gasteiger partial charge in [-0.25, -0.2) is 14.3 Å². The van der Waals surface area contributed by atoms with Crippen molar-refractivity contribution in [2.24, 2.45) is 11.8 Å². The van der Waals surface area contributed by atoms with Gasteiger partial charge in [0.25, 0.3) is 0 Å². The molecule has 1 aliphatic rings. The number of amides is 1. The van der Waals surface area contributed by atoms with Crippen LogP contribution in [-0.4, -0.2) is 35.6 Å². The number of sulfonamides is 1. The van der Waals surface area contributed by atoms with Gasteiger partial charge in [-0.05, 0) is 48.6 Å². The minimum Gasteiger partial charge on any atom is -0.289 e. The van der Waals surface area contributed by atoms with Crippen molar-refractivity contribution in [1.29, 1.82) is 0 Å². The van der Waals surface area contributed by atoms with Gasteiger partial charge in [0.15, 0.2) is 0 Å². The second-order valence-electron chi connectivity index (χ2n) is 7.71. The van der Waals surface area contributed by atoms with E-state index in [2.05, 4.69) is 10.9 Å². The number of halogens is 6. The number of pyridine rings is 1. The van der Waals surface area contributed by atoms with Gasteiger partial charge >= 0.3 is 18.0 Å².